The van der Waals surface area contributed by atoms with E-state index in [4.69, 9.17) is 9.94 Å². The molecule has 23 heavy (non-hydrogen) atoms. The van der Waals surface area contributed by atoms with Gasteiger partial charge in [0.25, 0.3) is 5.91 Å². The Balaban J connectivity index is 1.75. The molecule has 1 spiro atoms. The van der Waals surface area contributed by atoms with Gasteiger partial charge >= 0.3 is 0 Å². The molecule has 0 aromatic heterocycles. The molecular formula is C16H22N2O3S2. The van der Waals surface area contributed by atoms with Crippen molar-refractivity contribution in [2.75, 3.05) is 25.2 Å². The summed E-state index contributed by atoms with van der Waals surface area (Å²) in [6.45, 7) is 1.57. The van der Waals surface area contributed by atoms with E-state index in [9.17, 15) is 4.79 Å². The minimum atomic E-state index is -0.304. The standard InChI is InChI=1S/C16H22N2O3S2/c1-21-13-5-3-12(4-6-13)10-18-11-16(22-7-2-8-23-16)9-14(18)15(19)17-20/h3-6,14,20H,2,7-11H2,1H3,(H,17,19)/t14-/m1/s1. The van der Waals surface area contributed by atoms with Gasteiger partial charge in [-0.25, -0.2) is 5.48 Å². The first-order chi connectivity index (χ1) is 11.2. The molecule has 126 valence electrons. The molecule has 0 unspecified atom stereocenters. The van der Waals surface area contributed by atoms with Crippen LogP contribution in [-0.2, 0) is 11.3 Å². The Morgan fingerprint density at radius 1 is 1.39 bits per heavy atom. The number of hydrogen-bond acceptors (Lipinski definition) is 6. The van der Waals surface area contributed by atoms with E-state index in [1.807, 2.05) is 53.3 Å². The van der Waals surface area contributed by atoms with Gasteiger partial charge in [-0.3, -0.25) is 14.9 Å². The van der Waals surface area contributed by atoms with Crippen molar-refractivity contribution in [1.29, 1.82) is 0 Å². The van der Waals surface area contributed by atoms with Crippen molar-refractivity contribution < 1.29 is 14.7 Å². The fourth-order valence-corrected chi connectivity index (χ4v) is 6.60. The smallest absolute Gasteiger partial charge is 0.260 e. The van der Waals surface area contributed by atoms with Gasteiger partial charge < -0.3 is 4.74 Å². The van der Waals surface area contributed by atoms with Crippen LogP contribution in [0.2, 0.25) is 0 Å². The maximum atomic E-state index is 12.1. The topological polar surface area (TPSA) is 61.8 Å². The number of amides is 1. The van der Waals surface area contributed by atoms with Gasteiger partial charge in [0.2, 0.25) is 0 Å². The van der Waals surface area contributed by atoms with Crippen LogP contribution in [-0.4, -0.2) is 51.3 Å². The van der Waals surface area contributed by atoms with Crippen molar-refractivity contribution in [2.24, 2.45) is 0 Å². The number of carbonyl (C=O) groups is 1. The Kier molecular flexibility index (Phi) is 5.41. The second kappa shape index (κ2) is 7.34. The van der Waals surface area contributed by atoms with Gasteiger partial charge in [0.05, 0.1) is 17.2 Å². The van der Waals surface area contributed by atoms with Crippen LogP contribution in [0.1, 0.15) is 18.4 Å². The quantitative estimate of drug-likeness (QED) is 0.639. The maximum absolute atomic E-state index is 12.1. The Labute approximate surface area is 145 Å². The lowest BCUT2D eigenvalue weighted by atomic mass is 10.1. The van der Waals surface area contributed by atoms with E-state index in [-0.39, 0.29) is 16.0 Å². The van der Waals surface area contributed by atoms with E-state index in [0.717, 1.165) is 35.8 Å². The van der Waals surface area contributed by atoms with Gasteiger partial charge in [0.15, 0.2) is 0 Å². The first kappa shape index (κ1) is 17.0. The molecule has 3 rings (SSSR count). The molecule has 1 aromatic carbocycles. The molecule has 1 amide bonds. The van der Waals surface area contributed by atoms with Gasteiger partial charge in [-0.1, -0.05) is 12.1 Å². The third-order valence-corrected chi connectivity index (χ3v) is 7.70. The molecule has 2 aliphatic rings. The fraction of sp³-hybridized carbons (Fsp3) is 0.562. The summed E-state index contributed by atoms with van der Waals surface area (Å²) in [5, 5.41) is 9.08. The van der Waals surface area contributed by atoms with E-state index < -0.39 is 0 Å². The van der Waals surface area contributed by atoms with Gasteiger partial charge in [-0.2, -0.15) is 0 Å². The molecule has 1 aromatic rings. The number of carbonyl (C=O) groups excluding carboxylic acids is 1. The molecule has 5 nitrogen and oxygen atoms in total. The van der Waals surface area contributed by atoms with Crippen molar-refractivity contribution in [2.45, 2.75) is 29.5 Å². The number of benzene rings is 1. The lowest BCUT2D eigenvalue weighted by Crippen LogP contribution is -2.41. The molecule has 1 atom stereocenters. The summed E-state index contributed by atoms with van der Waals surface area (Å²) in [5.41, 5.74) is 2.99. The maximum Gasteiger partial charge on any atom is 0.260 e. The van der Waals surface area contributed by atoms with Crippen LogP contribution in [0.3, 0.4) is 0 Å². The van der Waals surface area contributed by atoms with Crippen molar-refractivity contribution >= 4 is 29.4 Å². The summed E-state index contributed by atoms with van der Waals surface area (Å²) < 4.78 is 5.27. The number of methoxy groups -OCH3 is 1. The first-order valence-electron chi connectivity index (χ1n) is 7.75. The van der Waals surface area contributed by atoms with Crippen LogP contribution < -0.4 is 10.2 Å². The minimum absolute atomic E-state index is 0.0852. The fourth-order valence-electron chi connectivity index (χ4n) is 3.20. The zero-order valence-corrected chi connectivity index (χ0v) is 14.8. The average molecular weight is 354 g/mol. The molecule has 2 saturated heterocycles. The van der Waals surface area contributed by atoms with Crippen LogP contribution in [0.4, 0.5) is 0 Å². The molecule has 0 aliphatic carbocycles. The highest BCUT2D eigenvalue weighted by Gasteiger charge is 2.48. The van der Waals surface area contributed by atoms with Crippen molar-refractivity contribution in [3.8, 4) is 5.75 Å². The highest BCUT2D eigenvalue weighted by Crippen LogP contribution is 2.50. The van der Waals surface area contributed by atoms with E-state index in [1.54, 1.807) is 7.11 Å². The minimum Gasteiger partial charge on any atom is -0.497 e. The molecule has 2 aliphatic heterocycles. The van der Waals surface area contributed by atoms with Gasteiger partial charge in [0.1, 0.15) is 5.75 Å². The highest BCUT2D eigenvalue weighted by atomic mass is 32.2. The second-order valence-corrected chi connectivity index (χ2v) is 9.13. The number of hydroxylamine groups is 1. The summed E-state index contributed by atoms with van der Waals surface area (Å²) in [4.78, 5) is 14.3. The summed E-state index contributed by atoms with van der Waals surface area (Å²) in [5.74, 6) is 2.82. The van der Waals surface area contributed by atoms with Crippen LogP contribution >= 0.6 is 23.5 Å². The Morgan fingerprint density at radius 2 is 2.09 bits per heavy atom. The SMILES string of the molecule is COc1ccc(CN2CC3(C[C@@H]2C(=O)NO)SCCCS3)cc1. The summed E-state index contributed by atoms with van der Waals surface area (Å²) in [7, 11) is 1.65. The Morgan fingerprint density at radius 3 is 2.70 bits per heavy atom. The van der Waals surface area contributed by atoms with E-state index >= 15 is 0 Å². The normalized spacial score (nSPS) is 23.8. The molecule has 0 radical (unpaired) electrons. The third kappa shape index (κ3) is 3.79. The molecule has 0 saturated carbocycles. The van der Waals surface area contributed by atoms with Crippen LogP contribution in [0.5, 0.6) is 5.75 Å². The molecule has 2 heterocycles. The molecule has 0 bridgehead atoms. The van der Waals surface area contributed by atoms with Crippen molar-refractivity contribution in [3.63, 3.8) is 0 Å². The summed E-state index contributed by atoms with van der Waals surface area (Å²) in [6.07, 6.45) is 2.01. The monoisotopic (exact) mass is 354 g/mol. The molecule has 7 heteroatoms. The number of rotatable bonds is 4. The molecule has 2 fully saturated rings. The lowest BCUT2D eigenvalue weighted by molar-refractivity contribution is -0.134. The van der Waals surface area contributed by atoms with Crippen LogP contribution in [0.15, 0.2) is 24.3 Å². The first-order valence-corrected chi connectivity index (χ1v) is 9.72. The molecular weight excluding hydrogens is 332 g/mol. The Bertz CT molecular complexity index is 547. The van der Waals surface area contributed by atoms with Gasteiger partial charge in [-0.05, 0) is 42.0 Å². The van der Waals surface area contributed by atoms with Gasteiger partial charge in [0, 0.05) is 13.1 Å². The number of hydrogen-bond donors (Lipinski definition) is 2. The van der Waals surface area contributed by atoms with Gasteiger partial charge in [-0.15, -0.1) is 23.5 Å². The average Bonchev–Trinajstić information content (AvgIpc) is 2.93. The summed E-state index contributed by atoms with van der Waals surface area (Å²) in [6, 6.07) is 7.65. The number of thioether (sulfide) groups is 2. The largest absolute Gasteiger partial charge is 0.497 e. The predicted octanol–water partition coefficient (Wildman–Crippen LogP) is 2.34. The van der Waals surface area contributed by atoms with Crippen molar-refractivity contribution in [1.82, 2.24) is 10.4 Å². The van der Waals surface area contributed by atoms with E-state index in [2.05, 4.69) is 4.90 Å². The van der Waals surface area contributed by atoms with E-state index in [1.165, 1.54) is 6.42 Å². The predicted molar refractivity (Wildman–Crippen MR) is 94.0 cm³/mol. The van der Waals surface area contributed by atoms with Crippen LogP contribution in [0, 0.1) is 0 Å². The second-order valence-electron chi connectivity index (χ2n) is 5.91. The zero-order valence-electron chi connectivity index (χ0n) is 13.2. The third-order valence-electron chi connectivity index (χ3n) is 4.37. The zero-order chi connectivity index (χ0) is 16.3. The van der Waals surface area contributed by atoms with E-state index in [0.29, 0.717) is 6.54 Å². The lowest BCUT2D eigenvalue weighted by Gasteiger charge is -2.32. The number of nitrogens with one attached hydrogen (secondary N) is 1. The Hall–Kier alpha value is -0.890. The van der Waals surface area contributed by atoms with Crippen molar-refractivity contribution in [3.05, 3.63) is 29.8 Å². The van der Waals surface area contributed by atoms with Crippen LogP contribution in [0.25, 0.3) is 0 Å². The summed E-state index contributed by atoms with van der Waals surface area (Å²) >= 11 is 3.93. The number of likely N-dealkylation sites (tertiary alicyclic amines) is 1. The number of nitrogens with zero attached hydrogens (tertiary/aromatic N) is 1. The molecule has 2 N–H and O–H groups in total. The highest BCUT2D eigenvalue weighted by molar-refractivity contribution is 8.18. The number of ether oxygens (including phenoxy) is 1.